The van der Waals surface area contributed by atoms with E-state index in [2.05, 4.69) is 9.88 Å². The number of aliphatic hydroxyl groups is 2. The van der Waals surface area contributed by atoms with Crippen LogP contribution >= 0.6 is 23.5 Å². The maximum absolute atomic E-state index is 12.6. The number of ether oxygens (including phenoxy) is 1. The molecule has 1 aliphatic rings. The Balaban J connectivity index is 1.23. The maximum atomic E-state index is 12.6. The Bertz CT molecular complexity index is 1210. The number of benzene rings is 2. The van der Waals surface area contributed by atoms with Gasteiger partial charge in [-0.25, -0.2) is 0 Å². The molecule has 1 unspecified atom stereocenters. The van der Waals surface area contributed by atoms with Crippen molar-refractivity contribution in [3.05, 3.63) is 60.3 Å². The third kappa shape index (κ3) is 8.75. The van der Waals surface area contributed by atoms with Gasteiger partial charge in [-0.05, 0) is 116 Å². The van der Waals surface area contributed by atoms with Crippen LogP contribution in [-0.2, 0) is 0 Å². The monoisotopic (exact) mass is 580 g/mol. The predicted molar refractivity (Wildman–Crippen MR) is 151 cm³/mol. The summed E-state index contributed by atoms with van der Waals surface area (Å²) in [5, 5.41) is 22.0. The topological polar surface area (TPSA) is 65.8 Å². The number of rotatable bonds is 12. The molecule has 1 fully saturated rings. The van der Waals surface area contributed by atoms with Crippen molar-refractivity contribution >= 4 is 34.4 Å². The summed E-state index contributed by atoms with van der Waals surface area (Å²) in [6.45, 7) is 2.76. The highest BCUT2D eigenvalue weighted by molar-refractivity contribution is 8.00. The summed E-state index contributed by atoms with van der Waals surface area (Å²) >= 11 is 1.49. The lowest BCUT2D eigenvalue weighted by atomic mass is 9.81. The van der Waals surface area contributed by atoms with Crippen molar-refractivity contribution in [3.8, 4) is 5.75 Å². The van der Waals surface area contributed by atoms with E-state index < -0.39 is 11.6 Å². The number of hydrogen-bond acceptors (Lipinski definition) is 7. The minimum Gasteiger partial charge on any atom is -0.497 e. The van der Waals surface area contributed by atoms with Crippen molar-refractivity contribution in [2.24, 2.45) is 11.8 Å². The summed E-state index contributed by atoms with van der Waals surface area (Å²) in [7, 11) is 1.62. The Labute approximate surface area is 236 Å². The van der Waals surface area contributed by atoms with Crippen LogP contribution in [0.25, 0.3) is 10.9 Å². The van der Waals surface area contributed by atoms with E-state index >= 15 is 0 Å². The number of methoxy groups -OCH3 is 1. The number of likely N-dealkylation sites (tertiary alicyclic amines) is 1. The van der Waals surface area contributed by atoms with Gasteiger partial charge in [0.05, 0.1) is 18.7 Å². The number of pyridine rings is 1. The molecule has 0 spiro atoms. The van der Waals surface area contributed by atoms with Crippen LogP contribution in [0.5, 0.6) is 5.75 Å². The van der Waals surface area contributed by atoms with Crippen LogP contribution in [0.3, 0.4) is 0 Å². The standard InChI is InChI=1S/C29H35F3N2O3S2/c1-37-22-7-8-27-26(16-22)25(10-12-33-27)28(36)9-6-20-11-14-34(18-21(20)19-35)13-3-15-38-23-4-2-5-24(17-23)39-29(30,31)32/h2,4-5,7-8,10,12,16-17,20-21,28,35-36H,3,6,9,11,13-15,18-19H2,1H3/t20-,21-,28?/m1/s1. The molecule has 10 heteroatoms. The number of aromatic nitrogens is 1. The molecule has 212 valence electrons. The van der Waals surface area contributed by atoms with Gasteiger partial charge in [-0.15, -0.1) is 11.8 Å². The molecule has 0 amide bonds. The van der Waals surface area contributed by atoms with Crippen LogP contribution in [0.15, 0.2) is 64.5 Å². The van der Waals surface area contributed by atoms with E-state index in [0.29, 0.717) is 12.3 Å². The van der Waals surface area contributed by atoms with Crippen LogP contribution in [0.4, 0.5) is 13.2 Å². The second kappa shape index (κ2) is 14.1. The molecule has 0 radical (unpaired) electrons. The quantitative estimate of drug-likeness (QED) is 0.181. The average Bonchev–Trinajstić information content (AvgIpc) is 2.93. The normalized spacial score (nSPS) is 19.3. The highest BCUT2D eigenvalue weighted by Crippen LogP contribution is 2.38. The van der Waals surface area contributed by atoms with E-state index in [0.717, 1.165) is 71.8 Å². The summed E-state index contributed by atoms with van der Waals surface area (Å²) in [5.41, 5.74) is -2.62. The molecule has 0 aliphatic carbocycles. The molecular weight excluding hydrogens is 545 g/mol. The molecule has 1 saturated heterocycles. The first-order valence-corrected chi connectivity index (χ1v) is 15.0. The molecule has 3 aromatic rings. The zero-order chi connectivity index (χ0) is 27.8. The molecule has 1 aliphatic heterocycles. The Kier molecular flexibility index (Phi) is 10.8. The Morgan fingerprint density at radius 1 is 1.13 bits per heavy atom. The minimum atomic E-state index is -4.28. The van der Waals surface area contributed by atoms with Crippen LogP contribution in [0, 0.1) is 11.8 Å². The van der Waals surface area contributed by atoms with Crippen molar-refractivity contribution in [2.75, 3.05) is 39.1 Å². The summed E-state index contributed by atoms with van der Waals surface area (Å²) in [6.07, 6.45) is 4.42. The fourth-order valence-electron chi connectivity index (χ4n) is 5.28. The number of hydrogen-bond donors (Lipinski definition) is 2. The van der Waals surface area contributed by atoms with Crippen molar-refractivity contribution in [3.63, 3.8) is 0 Å². The van der Waals surface area contributed by atoms with Gasteiger partial charge in [-0.3, -0.25) is 4.98 Å². The van der Waals surface area contributed by atoms with E-state index in [1.54, 1.807) is 37.2 Å². The van der Waals surface area contributed by atoms with Crippen molar-refractivity contribution in [2.45, 2.75) is 47.1 Å². The molecule has 2 heterocycles. The van der Waals surface area contributed by atoms with E-state index in [1.165, 1.54) is 6.07 Å². The number of fused-ring (bicyclic) bond motifs is 1. The summed E-state index contributed by atoms with van der Waals surface area (Å²) in [6, 6.07) is 14.1. The number of alkyl halides is 3. The third-order valence-electron chi connectivity index (χ3n) is 7.29. The first kappa shape index (κ1) is 30.0. The largest absolute Gasteiger partial charge is 0.497 e. The lowest BCUT2D eigenvalue weighted by Gasteiger charge is -2.38. The second-order valence-corrected chi connectivity index (χ2v) is 12.2. The number of aliphatic hydroxyl groups excluding tert-OH is 2. The molecular formula is C29H35F3N2O3S2. The zero-order valence-corrected chi connectivity index (χ0v) is 23.6. The highest BCUT2D eigenvalue weighted by atomic mass is 32.2. The van der Waals surface area contributed by atoms with Gasteiger partial charge in [0.25, 0.3) is 0 Å². The Morgan fingerprint density at radius 2 is 1.95 bits per heavy atom. The summed E-state index contributed by atoms with van der Waals surface area (Å²) in [5.74, 6) is 2.04. The molecule has 2 N–H and O–H groups in total. The van der Waals surface area contributed by atoms with Crippen LogP contribution < -0.4 is 4.74 Å². The summed E-state index contributed by atoms with van der Waals surface area (Å²) in [4.78, 5) is 7.82. The number of nitrogens with zero attached hydrogens (tertiary/aromatic N) is 2. The van der Waals surface area contributed by atoms with E-state index in [-0.39, 0.29) is 29.2 Å². The molecule has 39 heavy (non-hydrogen) atoms. The fourth-order valence-corrected chi connectivity index (χ4v) is 6.85. The SMILES string of the molecule is COc1ccc2nccc(C(O)CC[C@@H]3CCN(CCCSc4cccc(SC(F)(F)F)c4)C[C@@H]3CO)c2c1. The minimum absolute atomic E-state index is 0.0830. The predicted octanol–water partition coefficient (Wildman–Crippen LogP) is 6.78. The number of piperidine rings is 1. The van der Waals surface area contributed by atoms with Gasteiger partial charge < -0.3 is 19.8 Å². The average molecular weight is 581 g/mol. The van der Waals surface area contributed by atoms with Gasteiger partial charge in [0.15, 0.2) is 0 Å². The maximum Gasteiger partial charge on any atom is 0.446 e. The first-order chi connectivity index (χ1) is 18.8. The van der Waals surface area contributed by atoms with Gasteiger partial charge in [0.2, 0.25) is 0 Å². The van der Waals surface area contributed by atoms with Gasteiger partial charge in [0.1, 0.15) is 5.75 Å². The fraction of sp³-hybridized carbons (Fsp3) is 0.483. The molecule has 0 saturated carbocycles. The number of thioether (sulfide) groups is 2. The Hall–Kier alpha value is -1.98. The van der Waals surface area contributed by atoms with Gasteiger partial charge in [0, 0.05) is 34.5 Å². The van der Waals surface area contributed by atoms with Crippen molar-refractivity contribution in [1.29, 1.82) is 0 Å². The Morgan fingerprint density at radius 3 is 2.72 bits per heavy atom. The van der Waals surface area contributed by atoms with Gasteiger partial charge in [-0.1, -0.05) is 6.07 Å². The second-order valence-electron chi connectivity index (χ2n) is 9.89. The van der Waals surface area contributed by atoms with Crippen LogP contribution in [0.2, 0.25) is 0 Å². The van der Waals surface area contributed by atoms with E-state index in [4.69, 9.17) is 4.74 Å². The first-order valence-electron chi connectivity index (χ1n) is 13.2. The molecule has 5 nitrogen and oxygen atoms in total. The van der Waals surface area contributed by atoms with Crippen molar-refractivity contribution < 1.29 is 28.1 Å². The lowest BCUT2D eigenvalue weighted by Crippen LogP contribution is -2.42. The lowest BCUT2D eigenvalue weighted by molar-refractivity contribution is -0.0328. The third-order valence-corrected chi connectivity index (χ3v) is 9.09. The summed E-state index contributed by atoms with van der Waals surface area (Å²) < 4.78 is 43.3. The zero-order valence-electron chi connectivity index (χ0n) is 21.9. The molecule has 1 aromatic heterocycles. The molecule has 4 rings (SSSR count). The molecule has 2 aromatic carbocycles. The van der Waals surface area contributed by atoms with E-state index in [1.807, 2.05) is 30.3 Å². The smallest absolute Gasteiger partial charge is 0.446 e. The van der Waals surface area contributed by atoms with Gasteiger partial charge >= 0.3 is 5.51 Å². The van der Waals surface area contributed by atoms with E-state index in [9.17, 15) is 23.4 Å². The van der Waals surface area contributed by atoms with Crippen LogP contribution in [-0.4, -0.2) is 64.7 Å². The molecule has 3 atom stereocenters. The van der Waals surface area contributed by atoms with Crippen molar-refractivity contribution in [1.82, 2.24) is 9.88 Å². The van der Waals surface area contributed by atoms with Gasteiger partial charge in [-0.2, -0.15) is 13.2 Å². The number of halogens is 3. The molecule has 0 bridgehead atoms. The van der Waals surface area contributed by atoms with Crippen LogP contribution in [0.1, 0.15) is 37.4 Å². The highest BCUT2D eigenvalue weighted by Gasteiger charge is 2.30.